The van der Waals surface area contributed by atoms with Gasteiger partial charge < -0.3 is 25.2 Å². The molecule has 3 amide bonds. The highest BCUT2D eigenvalue weighted by atomic mass is 35.5. The summed E-state index contributed by atoms with van der Waals surface area (Å²) in [6.07, 6.45) is 7.68. The molecular weight excluding hydrogens is 935 g/mol. The molecule has 2 heterocycles. The van der Waals surface area contributed by atoms with Crippen LogP contribution in [0.1, 0.15) is 86.3 Å². The van der Waals surface area contributed by atoms with Gasteiger partial charge in [-0.2, -0.15) is 0 Å². The number of amides is 3. The highest BCUT2D eigenvalue weighted by Crippen LogP contribution is 2.63. The lowest BCUT2D eigenvalue weighted by atomic mass is 9.47. The Labute approximate surface area is 416 Å². The number of carbonyl (C=O) groups excluding carboxylic acids is 3. The second-order valence-corrected chi connectivity index (χ2v) is 21.4. The van der Waals surface area contributed by atoms with Crippen molar-refractivity contribution in [2.45, 2.75) is 90.3 Å². The first kappa shape index (κ1) is 46.9. The van der Waals surface area contributed by atoms with Gasteiger partial charge in [0.1, 0.15) is 12.3 Å². The average molecular weight is 990 g/mol. The summed E-state index contributed by atoms with van der Waals surface area (Å²) in [6, 6.07) is 22.2. The van der Waals surface area contributed by atoms with Crippen LogP contribution in [0, 0.1) is 23.2 Å². The molecule has 3 unspecified atom stereocenters. The molecule has 14 nitrogen and oxygen atoms in total. The molecular formula is C52H55Cl3N10O4. The molecule has 1 aromatic heterocycles. The van der Waals surface area contributed by atoms with Gasteiger partial charge in [-0.25, -0.2) is 9.48 Å². The molecule has 69 heavy (non-hydrogen) atoms. The molecule has 3 aromatic carbocycles. The largest absolute Gasteiger partial charge is 0.449 e. The van der Waals surface area contributed by atoms with Crippen LogP contribution < -0.4 is 10.6 Å². The molecule has 0 spiro atoms. The van der Waals surface area contributed by atoms with Gasteiger partial charge >= 0.3 is 6.09 Å². The minimum absolute atomic E-state index is 0.0250. The number of nitrogens with one attached hydrogen (secondary N) is 2. The van der Waals surface area contributed by atoms with Crippen molar-refractivity contribution < 1.29 is 19.1 Å². The van der Waals surface area contributed by atoms with Crippen LogP contribution in [0.2, 0.25) is 0 Å². The Kier molecular flexibility index (Phi) is 12.8. The number of carbonyl (C=O) groups is 3. The van der Waals surface area contributed by atoms with Crippen LogP contribution in [0.4, 0.5) is 10.5 Å². The van der Waals surface area contributed by atoms with Crippen LogP contribution in [0.25, 0.3) is 33.0 Å². The van der Waals surface area contributed by atoms with E-state index in [9.17, 15) is 19.9 Å². The first-order valence-electron chi connectivity index (χ1n) is 24.0. The number of aromatic nitrogens is 3. The summed E-state index contributed by atoms with van der Waals surface area (Å²) in [7, 11) is 0. The molecule has 2 N–H and O–H groups in total. The molecule has 5 atom stereocenters. The molecule has 5 fully saturated rings. The van der Waals surface area contributed by atoms with E-state index in [2.05, 4.69) is 57.1 Å². The number of fused-ring (bicyclic) bond motifs is 5. The second kappa shape index (κ2) is 18.8. The van der Waals surface area contributed by atoms with Crippen molar-refractivity contribution in [3.63, 3.8) is 0 Å². The van der Waals surface area contributed by atoms with E-state index in [-0.39, 0.29) is 36.0 Å². The third-order valence-electron chi connectivity index (χ3n) is 15.1. The Morgan fingerprint density at radius 3 is 2.29 bits per heavy atom. The quantitative estimate of drug-likeness (QED) is 0.0904. The van der Waals surface area contributed by atoms with Gasteiger partial charge in [0.05, 0.1) is 44.0 Å². The molecule has 7 aliphatic rings. The second-order valence-electron chi connectivity index (χ2n) is 20.2. The summed E-state index contributed by atoms with van der Waals surface area (Å²) in [4.78, 5) is 49.0. The van der Waals surface area contributed by atoms with Crippen LogP contribution >= 0.6 is 34.8 Å². The number of alkyl carbamates (subject to hydrolysis) is 1. The monoisotopic (exact) mass is 988 g/mol. The first-order chi connectivity index (χ1) is 33.2. The van der Waals surface area contributed by atoms with Gasteiger partial charge in [-0.1, -0.05) is 99.7 Å². The van der Waals surface area contributed by atoms with E-state index in [1.54, 1.807) is 17.0 Å². The van der Waals surface area contributed by atoms with E-state index in [4.69, 9.17) is 49.9 Å². The van der Waals surface area contributed by atoms with Crippen LogP contribution in [-0.2, 0) is 28.9 Å². The summed E-state index contributed by atoms with van der Waals surface area (Å²) in [5.41, 5.74) is 17.6. The molecule has 1 aliphatic heterocycles. The van der Waals surface area contributed by atoms with E-state index in [1.807, 2.05) is 54.6 Å². The Bertz CT molecular complexity index is 2880. The third kappa shape index (κ3) is 9.13. The van der Waals surface area contributed by atoms with E-state index < -0.39 is 23.0 Å². The molecule has 6 aliphatic carbocycles. The van der Waals surface area contributed by atoms with E-state index in [0.29, 0.717) is 71.4 Å². The number of benzene rings is 3. The minimum Gasteiger partial charge on any atom is -0.449 e. The number of halogens is 3. The van der Waals surface area contributed by atoms with Crippen LogP contribution in [0.3, 0.4) is 0 Å². The van der Waals surface area contributed by atoms with Gasteiger partial charge in [0.15, 0.2) is 0 Å². The highest BCUT2D eigenvalue weighted by Gasteiger charge is 2.60. The fourth-order valence-electron chi connectivity index (χ4n) is 12.3. The fraction of sp³-hybridized carbons (Fsp3) is 0.442. The summed E-state index contributed by atoms with van der Waals surface area (Å²) in [6.45, 7) is 7.41. The Balaban J connectivity index is 0.946. The standard InChI is InChI=1S/C52H55Cl3N10O4/c1-30(2)57-50(68)69-28-38-22-42(53)44(55)47(43(54)31(38)3)63-14-16-64(17-15-63)48(66)37-19-32(20-39(21-37)58-49(67)51-23-33-18-34(24-51)26-52(25-33,29-51)60-61-56)27-65-46-41-11-7-5-9-36(41)13-12-35-8-4-6-10-40(35)45(46)59-62-65/h4-11,19-22,30,33-34,38H,12-18,23-29H2,1-3H3,(H,57,68)(H,58,67)/t33-,34+,38?,51?,52?. The van der Waals surface area contributed by atoms with E-state index >= 15 is 0 Å². The van der Waals surface area contributed by atoms with Gasteiger partial charge in [-0.05, 0) is 130 Å². The fourth-order valence-corrected chi connectivity index (χ4v) is 13.3. The first-order valence-corrected chi connectivity index (χ1v) is 25.1. The molecule has 1 saturated heterocycles. The SMILES string of the molecule is CC1=C(Cl)C(N2CCN(C(=O)c3cc(Cn4nnc5c4-c4ccccc4CCc4ccccc4-5)cc(NC(=O)C45C[C@@H]6C[C@@H](CC(N=[N+]=[N-])(C6)C4)C5)c3)CC2)=C(Cl)C(Cl)=CC1COC(=O)NC(C)C. The number of ether oxygens (including phenoxy) is 1. The summed E-state index contributed by atoms with van der Waals surface area (Å²) in [5, 5.41) is 20.9. The lowest BCUT2D eigenvalue weighted by Crippen LogP contribution is -2.58. The van der Waals surface area contributed by atoms with Crippen molar-refractivity contribution in [2.75, 3.05) is 38.1 Å². The average Bonchev–Trinajstić information content (AvgIpc) is 3.69. The van der Waals surface area contributed by atoms with Crippen molar-refractivity contribution in [3.8, 4) is 22.5 Å². The number of aryl methyl sites for hydroxylation is 2. The zero-order chi connectivity index (χ0) is 48.2. The number of anilines is 1. The topological polar surface area (TPSA) is 170 Å². The number of hydrogen-bond donors (Lipinski definition) is 2. The van der Waals surface area contributed by atoms with Gasteiger partial charge in [-0.3, -0.25) is 9.59 Å². The van der Waals surface area contributed by atoms with Crippen molar-refractivity contribution in [1.29, 1.82) is 0 Å². The Morgan fingerprint density at radius 1 is 0.913 bits per heavy atom. The smallest absolute Gasteiger partial charge is 0.407 e. The van der Waals surface area contributed by atoms with Crippen LogP contribution in [0.15, 0.2) is 104 Å². The molecule has 4 bridgehead atoms. The summed E-state index contributed by atoms with van der Waals surface area (Å²) >= 11 is 20.8. The van der Waals surface area contributed by atoms with Crippen molar-refractivity contribution in [3.05, 3.63) is 132 Å². The van der Waals surface area contributed by atoms with Crippen molar-refractivity contribution in [1.82, 2.24) is 30.1 Å². The van der Waals surface area contributed by atoms with Crippen molar-refractivity contribution >= 4 is 58.4 Å². The van der Waals surface area contributed by atoms with E-state index in [1.165, 1.54) is 11.1 Å². The number of nitrogens with zero attached hydrogens (tertiary/aromatic N) is 8. The summed E-state index contributed by atoms with van der Waals surface area (Å²) < 4.78 is 7.41. The van der Waals surface area contributed by atoms with Gasteiger partial charge in [0.2, 0.25) is 5.91 Å². The number of rotatable bonds is 10. The van der Waals surface area contributed by atoms with Gasteiger partial charge in [0, 0.05) is 65.4 Å². The molecule has 4 saturated carbocycles. The number of hydrogen-bond acceptors (Lipinski definition) is 8. The molecule has 358 valence electrons. The number of allylic oxidation sites excluding steroid dienone is 3. The maximum absolute atomic E-state index is 14.8. The molecule has 17 heteroatoms. The Morgan fingerprint density at radius 2 is 1.59 bits per heavy atom. The highest BCUT2D eigenvalue weighted by molar-refractivity contribution is 6.45. The normalized spacial score (nSPS) is 24.9. The Hall–Kier alpha value is -5.79. The summed E-state index contributed by atoms with van der Waals surface area (Å²) in [5.74, 6) is -0.0356. The maximum atomic E-state index is 14.8. The molecule has 4 aromatic rings. The number of piperazine rings is 1. The molecule has 0 radical (unpaired) electrons. The zero-order valence-electron chi connectivity index (χ0n) is 39.0. The van der Waals surface area contributed by atoms with Gasteiger partial charge in [0.25, 0.3) is 5.91 Å². The van der Waals surface area contributed by atoms with E-state index in [0.717, 1.165) is 78.6 Å². The zero-order valence-corrected chi connectivity index (χ0v) is 41.2. The van der Waals surface area contributed by atoms with Gasteiger partial charge in [-0.15, -0.1) is 5.10 Å². The number of azide groups is 1. The van der Waals surface area contributed by atoms with Crippen molar-refractivity contribution in [2.24, 2.45) is 28.3 Å². The predicted octanol–water partition coefficient (Wildman–Crippen LogP) is 11.0. The third-order valence-corrected chi connectivity index (χ3v) is 16.4. The predicted molar refractivity (Wildman–Crippen MR) is 267 cm³/mol. The van der Waals surface area contributed by atoms with Crippen LogP contribution in [0.5, 0.6) is 0 Å². The maximum Gasteiger partial charge on any atom is 0.407 e. The van der Waals surface area contributed by atoms with Crippen LogP contribution in [-0.4, -0.2) is 87.1 Å². The lowest BCUT2D eigenvalue weighted by Gasteiger charge is -2.59. The molecule has 11 rings (SSSR count). The lowest BCUT2D eigenvalue weighted by molar-refractivity contribution is -0.142. The minimum atomic E-state index is -0.664.